The number of hydrogen-bond donors (Lipinski definition) is 0. The topological polar surface area (TPSA) is 55.8 Å². The van der Waals surface area contributed by atoms with Gasteiger partial charge in [0.15, 0.2) is 0 Å². The van der Waals surface area contributed by atoms with Crippen LogP contribution in [0.1, 0.15) is 20.3 Å². The number of fused-ring (bicyclic) bond motifs is 1. The number of rotatable bonds is 3. The molecule has 0 unspecified atom stereocenters. The molecule has 1 amide bonds. The van der Waals surface area contributed by atoms with Crippen molar-refractivity contribution in [3.63, 3.8) is 0 Å². The number of hydrogen-bond acceptors (Lipinski definition) is 4. The number of likely N-dealkylation sites (tertiary alicyclic amines) is 1. The second-order valence-corrected chi connectivity index (χ2v) is 5.65. The normalized spacial score (nSPS) is 40.7. The van der Waals surface area contributed by atoms with Gasteiger partial charge >= 0.3 is 5.97 Å². The van der Waals surface area contributed by atoms with Crippen molar-refractivity contribution in [2.24, 2.45) is 11.8 Å². The van der Waals surface area contributed by atoms with E-state index in [2.05, 4.69) is 6.92 Å². The number of ether oxygens (including phenoxy) is 2. The number of carbonyl (C=O) groups is 2. The van der Waals surface area contributed by atoms with Crippen LogP contribution in [0.3, 0.4) is 0 Å². The van der Waals surface area contributed by atoms with Crippen LogP contribution in [-0.4, -0.2) is 48.2 Å². The monoisotopic (exact) mass is 265 g/mol. The van der Waals surface area contributed by atoms with Crippen LogP contribution in [0.25, 0.3) is 0 Å². The molecule has 5 atom stereocenters. The molecule has 3 rings (SSSR count). The fourth-order valence-corrected chi connectivity index (χ4v) is 3.53. The highest BCUT2D eigenvalue weighted by molar-refractivity contribution is 5.91. The molecule has 0 aromatic carbocycles. The lowest BCUT2D eigenvalue weighted by molar-refractivity contribution is -0.151. The van der Waals surface area contributed by atoms with Gasteiger partial charge in [-0.1, -0.05) is 19.1 Å². The van der Waals surface area contributed by atoms with E-state index in [0.29, 0.717) is 6.54 Å². The lowest BCUT2D eigenvalue weighted by Gasteiger charge is -2.26. The van der Waals surface area contributed by atoms with E-state index in [1.807, 2.05) is 24.0 Å². The number of nitrogens with zero attached hydrogens (tertiary/aromatic N) is 1. The minimum atomic E-state index is -0.607. The maximum atomic E-state index is 12.6. The number of amides is 1. The summed E-state index contributed by atoms with van der Waals surface area (Å²) in [5, 5.41) is 0. The summed E-state index contributed by atoms with van der Waals surface area (Å²) in [4.78, 5) is 26.4. The van der Waals surface area contributed by atoms with E-state index < -0.39 is 17.4 Å². The fourth-order valence-electron chi connectivity index (χ4n) is 3.53. The third kappa shape index (κ3) is 1.51. The van der Waals surface area contributed by atoms with Crippen LogP contribution in [0.2, 0.25) is 0 Å². The Bertz CT molecular complexity index is 460. The molecule has 2 bridgehead atoms. The quantitative estimate of drug-likeness (QED) is 0.558. The molecule has 0 aromatic heterocycles. The number of esters is 1. The van der Waals surface area contributed by atoms with Gasteiger partial charge < -0.3 is 14.4 Å². The zero-order valence-electron chi connectivity index (χ0n) is 11.5. The number of methoxy groups -OCH3 is 1. The minimum absolute atomic E-state index is 0.0246. The molecule has 0 saturated carbocycles. The third-order valence-corrected chi connectivity index (χ3v) is 4.73. The molecule has 3 heterocycles. The molecule has 3 aliphatic rings. The minimum Gasteiger partial charge on any atom is -0.469 e. The fraction of sp³-hybridized carbons (Fsp3) is 0.714. The summed E-state index contributed by atoms with van der Waals surface area (Å²) in [7, 11) is 1.36. The van der Waals surface area contributed by atoms with Crippen LogP contribution in [0.5, 0.6) is 0 Å². The van der Waals surface area contributed by atoms with Gasteiger partial charge in [0, 0.05) is 6.04 Å². The van der Waals surface area contributed by atoms with Gasteiger partial charge in [-0.05, 0) is 13.3 Å². The molecular weight excluding hydrogens is 246 g/mol. The Morgan fingerprint density at radius 2 is 2.42 bits per heavy atom. The SMILES string of the molecule is CC[C@@H](C)N1C[C@@]23C=C[C@@H](O2)[C@@H](C(=O)OC)[C@H]3C1=O. The maximum absolute atomic E-state index is 12.6. The Morgan fingerprint density at radius 1 is 1.68 bits per heavy atom. The summed E-state index contributed by atoms with van der Waals surface area (Å²) in [6, 6.07) is 0.168. The third-order valence-electron chi connectivity index (χ3n) is 4.73. The van der Waals surface area contributed by atoms with Crippen LogP contribution in [0.15, 0.2) is 12.2 Å². The van der Waals surface area contributed by atoms with Gasteiger partial charge in [0.1, 0.15) is 11.5 Å². The molecule has 5 nitrogen and oxygen atoms in total. The molecule has 2 fully saturated rings. The molecule has 0 aromatic rings. The van der Waals surface area contributed by atoms with E-state index in [1.54, 1.807) is 0 Å². The predicted octanol–water partition coefficient (Wildman–Crippen LogP) is 0.740. The summed E-state index contributed by atoms with van der Waals surface area (Å²) in [6.07, 6.45) is 4.44. The molecule has 2 saturated heterocycles. The van der Waals surface area contributed by atoms with Crippen molar-refractivity contribution in [1.82, 2.24) is 4.90 Å². The molecule has 0 aliphatic carbocycles. The van der Waals surface area contributed by atoms with Gasteiger partial charge in [0.25, 0.3) is 0 Å². The summed E-state index contributed by atoms with van der Waals surface area (Å²) < 4.78 is 10.8. The molecule has 0 radical (unpaired) electrons. The molecule has 5 heteroatoms. The van der Waals surface area contributed by atoms with Crippen LogP contribution in [-0.2, 0) is 19.1 Å². The second kappa shape index (κ2) is 4.07. The first-order chi connectivity index (χ1) is 9.04. The highest BCUT2D eigenvalue weighted by atomic mass is 16.5. The van der Waals surface area contributed by atoms with Crippen molar-refractivity contribution in [2.45, 2.75) is 38.0 Å². The number of carbonyl (C=O) groups excluding carboxylic acids is 2. The van der Waals surface area contributed by atoms with E-state index in [0.717, 1.165) is 6.42 Å². The first-order valence-electron chi connectivity index (χ1n) is 6.79. The largest absolute Gasteiger partial charge is 0.469 e. The van der Waals surface area contributed by atoms with Gasteiger partial charge in [-0.15, -0.1) is 0 Å². The zero-order chi connectivity index (χ0) is 13.8. The first kappa shape index (κ1) is 12.7. The van der Waals surface area contributed by atoms with Crippen LogP contribution < -0.4 is 0 Å². The van der Waals surface area contributed by atoms with Gasteiger partial charge in [-0.2, -0.15) is 0 Å². The Morgan fingerprint density at radius 3 is 3.05 bits per heavy atom. The van der Waals surface area contributed by atoms with Crippen molar-refractivity contribution in [3.8, 4) is 0 Å². The highest BCUT2D eigenvalue weighted by Gasteiger charge is 2.67. The molecule has 104 valence electrons. The predicted molar refractivity (Wildman–Crippen MR) is 67.2 cm³/mol. The molecular formula is C14H19NO4. The van der Waals surface area contributed by atoms with Gasteiger partial charge in [-0.25, -0.2) is 0 Å². The van der Waals surface area contributed by atoms with Crippen LogP contribution >= 0.6 is 0 Å². The van der Waals surface area contributed by atoms with Crippen molar-refractivity contribution in [1.29, 1.82) is 0 Å². The maximum Gasteiger partial charge on any atom is 0.312 e. The summed E-state index contributed by atoms with van der Waals surface area (Å²) in [5.74, 6) is -1.22. The Balaban J connectivity index is 1.95. The summed E-state index contributed by atoms with van der Waals surface area (Å²) >= 11 is 0. The van der Waals surface area contributed by atoms with E-state index >= 15 is 0 Å². The molecule has 0 N–H and O–H groups in total. The Hall–Kier alpha value is -1.36. The first-order valence-corrected chi connectivity index (χ1v) is 6.79. The Kier molecular flexibility index (Phi) is 2.71. The van der Waals surface area contributed by atoms with Crippen molar-refractivity contribution in [3.05, 3.63) is 12.2 Å². The van der Waals surface area contributed by atoms with Gasteiger partial charge in [-0.3, -0.25) is 9.59 Å². The summed E-state index contributed by atoms with van der Waals surface area (Å²) in [6.45, 7) is 4.63. The zero-order valence-corrected chi connectivity index (χ0v) is 11.5. The van der Waals surface area contributed by atoms with E-state index in [-0.39, 0.29) is 24.0 Å². The molecule has 1 spiro atoms. The van der Waals surface area contributed by atoms with Crippen LogP contribution in [0.4, 0.5) is 0 Å². The van der Waals surface area contributed by atoms with E-state index in [4.69, 9.17) is 9.47 Å². The molecule has 19 heavy (non-hydrogen) atoms. The smallest absolute Gasteiger partial charge is 0.312 e. The van der Waals surface area contributed by atoms with Crippen molar-refractivity contribution >= 4 is 11.9 Å². The average molecular weight is 265 g/mol. The van der Waals surface area contributed by atoms with E-state index in [1.165, 1.54) is 7.11 Å². The van der Waals surface area contributed by atoms with Gasteiger partial charge in [0.2, 0.25) is 5.91 Å². The van der Waals surface area contributed by atoms with Gasteiger partial charge in [0.05, 0.1) is 25.7 Å². The van der Waals surface area contributed by atoms with E-state index in [9.17, 15) is 9.59 Å². The lowest BCUT2D eigenvalue weighted by atomic mass is 9.77. The summed E-state index contributed by atoms with van der Waals surface area (Å²) in [5.41, 5.74) is -0.607. The lowest BCUT2D eigenvalue weighted by Crippen LogP contribution is -2.40. The standard InChI is InChI=1S/C14H19NO4/c1-4-8(2)15-7-14-6-5-9(19-14)10(13(17)18-3)11(14)12(15)16/h5-6,8-11H,4,7H2,1-3H3/t8-,9-,10-,11+,14-/m1/s1. The average Bonchev–Trinajstić information content (AvgIpc) is 3.05. The van der Waals surface area contributed by atoms with Crippen LogP contribution in [0, 0.1) is 11.8 Å². The highest BCUT2D eigenvalue weighted by Crippen LogP contribution is 2.52. The second-order valence-electron chi connectivity index (χ2n) is 5.65. The Labute approximate surface area is 112 Å². The van der Waals surface area contributed by atoms with Crippen molar-refractivity contribution < 1.29 is 19.1 Å². The molecule has 3 aliphatic heterocycles. The van der Waals surface area contributed by atoms with Crippen molar-refractivity contribution in [2.75, 3.05) is 13.7 Å².